The lowest BCUT2D eigenvalue weighted by Gasteiger charge is -2.12. The summed E-state index contributed by atoms with van der Waals surface area (Å²) in [5.74, 6) is -1.01. The van der Waals surface area contributed by atoms with Crippen LogP contribution in [0.4, 0.5) is 5.69 Å². The molecule has 0 saturated heterocycles. The van der Waals surface area contributed by atoms with E-state index in [0.29, 0.717) is 17.1 Å². The molecule has 1 aromatic rings. The van der Waals surface area contributed by atoms with Crippen LogP contribution in [0.1, 0.15) is 18.9 Å². The molecule has 0 radical (unpaired) electrons. The number of carbonyl (C=O) groups is 2. The number of anilines is 1. The molecule has 0 heterocycles. The van der Waals surface area contributed by atoms with Gasteiger partial charge in [-0.3, -0.25) is 9.59 Å². The van der Waals surface area contributed by atoms with Crippen LogP contribution >= 0.6 is 34.8 Å². The largest absolute Gasteiger partial charge is 0.455 e. The molecule has 1 aromatic carbocycles. The summed E-state index contributed by atoms with van der Waals surface area (Å²) in [5, 5.41) is 3.23. The molecule has 0 spiro atoms. The van der Waals surface area contributed by atoms with Crippen LogP contribution < -0.4 is 5.32 Å². The Morgan fingerprint density at radius 3 is 2.52 bits per heavy atom. The van der Waals surface area contributed by atoms with Gasteiger partial charge in [0.25, 0.3) is 5.91 Å². The van der Waals surface area contributed by atoms with Crippen LogP contribution in [-0.4, -0.2) is 22.8 Å². The van der Waals surface area contributed by atoms with E-state index >= 15 is 0 Å². The molecule has 0 aromatic heterocycles. The van der Waals surface area contributed by atoms with Gasteiger partial charge in [-0.15, -0.1) is 23.2 Å². The van der Waals surface area contributed by atoms with E-state index in [1.165, 1.54) is 0 Å². The lowest BCUT2D eigenvalue weighted by molar-refractivity contribution is -0.152. The van der Waals surface area contributed by atoms with E-state index in [2.05, 4.69) is 5.32 Å². The number of hydrogen-bond acceptors (Lipinski definition) is 3. The number of halogens is 3. The summed E-state index contributed by atoms with van der Waals surface area (Å²) in [6.45, 7) is 3.03. The van der Waals surface area contributed by atoms with E-state index in [4.69, 9.17) is 39.5 Å². The Morgan fingerprint density at radius 2 is 2.00 bits per heavy atom. The predicted molar refractivity (Wildman–Crippen MR) is 82.9 cm³/mol. The maximum absolute atomic E-state index is 11.8. The first kappa shape index (κ1) is 16.4. The van der Waals surface area contributed by atoms with Gasteiger partial charge < -0.3 is 10.1 Å². The minimum Gasteiger partial charge on any atom is -0.455 e. The van der Waals surface area contributed by atoms with Crippen molar-refractivity contribution in [3.05, 3.63) is 28.8 Å². The van der Waals surface area contributed by atoms with Gasteiger partial charge in [0, 0.05) is 17.1 Å². The van der Waals surface area contributed by atoms with Crippen molar-refractivity contribution in [2.75, 3.05) is 11.9 Å². The molecule has 0 aliphatic heterocycles. The number of alkyl halides is 2. The number of carbonyl (C=O) groups excluding carboxylic acids is 2. The first-order valence-electron chi connectivity index (χ1n) is 6.27. The van der Waals surface area contributed by atoms with E-state index < -0.39 is 21.6 Å². The Kier molecular flexibility index (Phi) is 4.43. The third-order valence-corrected chi connectivity index (χ3v) is 4.84. The predicted octanol–water partition coefficient (Wildman–Crippen LogP) is 3.71. The Hall–Kier alpha value is -0.970. The molecule has 114 valence electrons. The summed E-state index contributed by atoms with van der Waals surface area (Å²) in [7, 11) is 0. The molecule has 21 heavy (non-hydrogen) atoms. The quantitative estimate of drug-likeness (QED) is 0.665. The fourth-order valence-electron chi connectivity index (χ4n) is 1.87. The SMILES string of the molecule is Cc1cc(Cl)ccc1NC(=O)COC(=O)[C@@]1(C)CC1(Cl)Cl. The average molecular weight is 351 g/mol. The molecule has 1 N–H and O–H groups in total. The van der Waals surface area contributed by atoms with Crippen LogP contribution in [0.5, 0.6) is 0 Å². The van der Waals surface area contributed by atoms with Gasteiger partial charge in [0.1, 0.15) is 9.75 Å². The highest BCUT2D eigenvalue weighted by Gasteiger charge is 2.69. The molecule has 1 fully saturated rings. The fourth-order valence-corrected chi connectivity index (χ4v) is 2.78. The molecule has 7 heteroatoms. The number of hydrogen-bond donors (Lipinski definition) is 1. The number of ether oxygens (including phenoxy) is 1. The molecule has 1 aliphatic rings. The van der Waals surface area contributed by atoms with Gasteiger partial charge in [-0.05, 0) is 37.6 Å². The zero-order valence-corrected chi connectivity index (χ0v) is 13.8. The van der Waals surface area contributed by atoms with Crippen molar-refractivity contribution < 1.29 is 14.3 Å². The van der Waals surface area contributed by atoms with Crippen LogP contribution in [0.2, 0.25) is 5.02 Å². The van der Waals surface area contributed by atoms with Gasteiger partial charge in [0.05, 0.1) is 0 Å². The molecule has 1 atom stereocenters. The summed E-state index contributed by atoms with van der Waals surface area (Å²) in [4.78, 5) is 23.6. The Balaban J connectivity index is 1.87. The fraction of sp³-hybridized carbons (Fsp3) is 0.429. The van der Waals surface area contributed by atoms with Crippen molar-refractivity contribution in [2.45, 2.75) is 24.6 Å². The molecule has 2 rings (SSSR count). The monoisotopic (exact) mass is 349 g/mol. The molecule has 1 amide bonds. The van der Waals surface area contributed by atoms with Crippen molar-refractivity contribution in [2.24, 2.45) is 5.41 Å². The third-order valence-electron chi connectivity index (χ3n) is 3.51. The molecule has 4 nitrogen and oxygen atoms in total. The van der Waals surface area contributed by atoms with Crippen molar-refractivity contribution in [1.82, 2.24) is 0 Å². The lowest BCUT2D eigenvalue weighted by Crippen LogP contribution is -2.27. The summed E-state index contributed by atoms with van der Waals surface area (Å²) in [6, 6.07) is 5.07. The van der Waals surface area contributed by atoms with E-state index in [-0.39, 0.29) is 6.61 Å². The van der Waals surface area contributed by atoms with Crippen molar-refractivity contribution in [1.29, 1.82) is 0 Å². The molecule has 1 saturated carbocycles. The molecule has 0 unspecified atom stereocenters. The number of amides is 1. The van der Waals surface area contributed by atoms with Crippen molar-refractivity contribution >= 4 is 52.4 Å². The number of rotatable bonds is 4. The second-order valence-corrected chi connectivity index (χ2v) is 7.22. The van der Waals surface area contributed by atoms with Gasteiger partial charge in [-0.1, -0.05) is 11.6 Å². The lowest BCUT2D eigenvalue weighted by atomic mass is 10.1. The third kappa shape index (κ3) is 3.44. The van der Waals surface area contributed by atoms with Gasteiger partial charge in [0.15, 0.2) is 6.61 Å². The van der Waals surface area contributed by atoms with Crippen LogP contribution in [0.3, 0.4) is 0 Å². The first-order valence-corrected chi connectivity index (χ1v) is 7.40. The van der Waals surface area contributed by atoms with Crippen molar-refractivity contribution in [3.8, 4) is 0 Å². The molecule has 0 bridgehead atoms. The number of nitrogens with one attached hydrogen (secondary N) is 1. The first-order chi connectivity index (χ1) is 9.65. The highest BCUT2D eigenvalue weighted by molar-refractivity contribution is 6.53. The van der Waals surface area contributed by atoms with Gasteiger partial charge >= 0.3 is 5.97 Å². The number of benzene rings is 1. The second-order valence-electron chi connectivity index (χ2n) is 5.30. The normalized spacial score (nSPS) is 22.5. The van der Waals surface area contributed by atoms with Gasteiger partial charge in [0.2, 0.25) is 0 Å². The van der Waals surface area contributed by atoms with E-state index in [1.54, 1.807) is 25.1 Å². The Labute approximate surface area is 137 Å². The Morgan fingerprint density at radius 1 is 1.38 bits per heavy atom. The zero-order chi connectivity index (χ0) is 15.8. The number of esters is 1. The average Bonchev–Trinajstić information content (AvgIpc) is 2.90. The molecular weight excluding hydrogens is 337 g/mol. The second kappa shape index (κ2) is 5.67. The highest BCUT2D eigenvalue weighted by Crippen LogP contribution is 2.64. The van der Waals surface area contributed by atoms with Crippen LogP contribution in [0, 0.1) is 12.3 Å². The van der Waals surface area contributed by atoms with Crippen LogP contribution in [0.15, 0.2) is 18.2 Å². The summed E-state index contributed by atoms with van der Waals surface area (Å²) in [6.07, 6.45) is 0.319. The topological polar surface area (TPSA) is 55.4 Å². The maximum atomic E-state index is 11.8. The van der Waals surface area contributed by atoms with E-state index in [0.717, 1.165) is 5.56 Å². The summed E-state index contributed by atoms with van der Waals surface area (Å²) < 4.78 is 3.85. The smallest absolute Gasteiger partial charge is 0.315 e. The zero-order valence-electron chi connectivity index (χ0n) is 11.5. The molecule has 1 aliphatic carbocycles. The van der Waals surface area contributed by atoms with E-state index in [1.807, 2.05) is 6.92 Å². The summed E-state index contributed by atoms with van der Waals surface area (Å²) >= 11 is 17.6. The highest BCUT2D eigenvalue weighted by atomic mass is 35.5. The van der Waals surface area contributed by atoms with Gasteiger partial charge in [-0.25, -0.2) is 0 Å². The van der Waals surface area contributed by atoms with Gasteiger partial charge in [-0.2, -0.15) is 0 Å². The standard InChI is InChI=1S/C14H14Cl3NO3/c1-8-5-9(15)3-4-10(8)18-11(19)6-21-12(20)13(2)7-14(13,16)17/h3-5H,6-7H2,1-2H3,(H,18,19)/t13-/m1/s1. The van der Waals surface area contributed by atoms with Crippen LogP contribution in [-0.2, 0) is 14.3 Å². The Bertz CT molecular complexity index is 603. The van der Waals surface area contributed by atoms with Crippen LogP contribution in [0.25, 0.3) is 0 Å². The maximum Gasteiger partial charge on any atom is 0.315 e. The molecular formula is C14H14Cl3NO3. The van der Waals surface area contributed by atoms with Crippen molar-refractivity contribution in [3.63, 3.8) is 0 Å². The van der Waals surface area contributed by atoms with E-state index in [9.17, 15) is 9.59 Å². The summed E-state index contributed by atoms with van der Waals surface area (Å²) in [5.41, 5.74) is 0.492. The number of aryl methyl sites for hydroxylation is 1. The minimum absolute atomic E-state index is 0.319. The minimum atomic E-state index is -1.10.